The zero-order valence-corrected chi connectivity index (χ0v) is 19.5. The summed E-state index contributed by atoms with van der Waals surface area (Å²) in [5.41, 5.74) is 2.18. The quantitative estimate of drug-likeness (QED) is 0.499. The first-order chi connectivity index (χ1) is 15.5. The van der Waals surface area contributed by atoms with Crippen LogP contribution in [0.2, 0.25) is 5.02 Å². The molecule has 1 saturated heterocycles. The van der Waals surface area contributed by atoms with E-state index in [1.54, 1.807) is 18.2 Å². The molecule has 0 aromatic heterocycles. The lowest BCUT2D eigenvalue weighted by molar-refractivity contribution is -0.122. The number of hydrogen-bond donors (Lipinski definition) is 1. The number of nitrogens with zero attached hydrogens (tertiary/aromatic N) is 2. The number of urea groups is 1. The van der Waals surface area contributed by atoms with E-state index in [4.69, 9.17) is 11.6 Å². The minimum Gasteiger partial charge on any atom is -0.363 e. The zero-order chi connectivity index (χ0) is 24.1. The first-order valence-corrected chi connectivity index (χ1v) is 10.9. The molecule has 2 aliphatic rings. The van der Waals surface area contributed by atoms with Gasteiger partial charge in [-0.3, -0.25) is 14.9 Å². The van der Waals surface area contributed by atoms with Crippen molar-refractivity contribution in [2.75, 3.05) is 16.3 Å². The fourth-order valence-electron chi connectivity index (χ4n) is 4.47. The Morgan fingerprint density at radius 2 is 1.88 bits per heavy atom. The molecule has 0 unspecified atom stereocenters. The number of carbonyl (C=O) groups is 3. The molecular weight excluding hydrogens is 445 g/mol. The third kappa shape index (κ3) is 3.93. The number of carbonyl (C=O) groups excluding carboxylic acids is 3. The second-order valence-corrected chi connectivity index (χ2v) is 8.99. The number of likely N-dealkylation sites (N-methyl/N-ethyl adjacent to an activating group) is 1. The number of anilines is 2. The molecule has 0 bridgehead atoms. The monoisotopic (exact) mass is 467 g/mol. The molecule has 2 aliphatic heterocycles. The van der Waals surface area contributed by atoms with E-state index in [2.05, 4.69) is 30.1 Å². The maximum Gasteiger partial charge on any atom is 0.335 e. The SMILES string of the molecule is CCN1c2cc(F)c(/C=C3/C(=O)NC(=O)N(c4cccc(Cl)c4)C3=O)cc2C(C)=CC1(C)C. The Morgan fingerprint density at radius 1 is 1.15 bits per heavy atom. The summed E-state index contributed by atoms with van der Waals surface area (Å²) in [4.78, 5) is 40.9. The van der Waals surface area contributed by atoms with Crippen LogP contribution in [0.4, 0.5) is 20.6 Å². The van der Waals surface area contributed by atoms with Gasteiger partial charge in [-0.05, 0) is 69.7 Å². The first-order valence-electron chi connectivity index (χ1n) is 10.5. The van der Waals surface area contributed by atoms with Crippen molar-refractivity contribution in [1.29, 1.82) is 0 Å². The maximum atomic E-state index is 15.2. The van der Waals surface area contributed by atoms with Crippen LogP contribution in [0.15, 0.2) is 48.0 Å². The highest BCUT2D eigenvalue weighted by Gasteiger charge is 2.37. The van der Waals surface area contributed by atoms with Gasteiger partial charge in [-0.25, -0.2) is 14.1 Å². The van der Waals surface area contributed by atoms with Gasteiger partial charge in [0.25, 0.3) is 11.8 Å². The molecule has 2 aromatic carbocycles. The number of amides is 4. The second kappa shape index (κ2) is 8.15. The van der Waals surface area contributed by atoms with Gasteiger partial charge >= 0.3 is 6.03 Å². The van der Waals surface area contributed by atoms with E-state index in [1.165, 1.54) is 24.3 Å². The van der Waals surface area contributed by atoms with Crippen LogP contribution in [0.5, 0.6) is 0 Å². The number of barbiturate groups is 1. The van der Waals surface area contributed by atoms with E-state index in [9.17, 15) is 14.4 Å². The van der Waals surface area contributed by atoms with Crippen molar-refractivity contribution >= 4 is 52.5 Å². The normalized spacial score (nSPS) is 18.9. The molecule has 0 spiro atoms. The van der Waals surface area contributed by atoms with E-state index in [1.807, 2.05) is 13.8 Å². The van der Waals surface area contributed by atoms with Crippen molar-refractivity contribution in [3.05, 3.63) is 70.0 Å². The lowest BCUT2D eigenvalue weighted by Gasteiger charge is -2.43. The highest BCUT2D eigenvalue weighted by Crippen LogP contribution is 2.40. The van der Waals surface area contributed by atoms with Crippen LogP contribution in [0.1, 0.15) is 38.8 Å². The van der Waals surface area contributed by atoms with Gasteiger partial charge in [-0.2, -0.15) is 0 Å². The standard InChI is InChI=1S/C25H23ClFN3O3/c1-5-29-21-12-20(27)15(9-18(21)14(2)13-25(29,3)4)10-19-22(31)28-24(33)30(23(19)32)17-8-6-7-16(26)11-17/h6-13H,5H2,1-4H3,(H,28,31,33)/b19-10-. The highest BCUT2D eigenvalue weighted by atomic mass is 35.5. The molecule has 8 heteroatoms. The van der Waals surface area contributed by atoms with Crippen molar-refractivity contribution < 1.29 is 18.8 Å². The van der Waals surface area contributed by atoms with Gasteiger partial charge in [0, 0.05) is 28.4 Å². The van der Waals surface area contributed by atoms with Gasteiger partial charge in [0.1, 0.15) is 11.4 Å². The Bertz CT molecular complexity index is 1270. The number of imide groups is 2. The van der Waals surface area contributed by atoms with Crippen LogP contribution in [0, 0.1) is 5.82 Å². The van der Waals surface area contributed by atoms with E-state index in [-0.39, 0.29) is 22.4 Å². The van der Waals surface area contributed by atoms with E-state index >= 15 is 4.39 Å². The van der Waals surface area contributed by atoms with Gasteiger partial charge in [0.15, 0.2) is 0 Å². The summed E-state index contributed by atoms with van der Waals surface area (Å²) in [7, 11) is 0. The lowest BCUT2D eigenvalue weighted by atomic mass is 9.87. The fourth-order valence-corrected chi connectivity index (χ4v) is 4.65. The number of hydrogen-bond acceptors (Lipinski definition) is 4. The molecule has 0 saturated carbocycles. The van der Waals surface area contributed by atoms with Crippen molar-refractivity contribution in [2.24, 2.45) is 0 Å². The summed E-state index contributed by atoms with van der Waals surface area (Å²) in [6.45, 7) is 8.74. The molecule has 170 valence electrons. The van der Waals surface area contributed by atoms with Crippen molar-refractivity contribution in [3.8, 4) is 0 Å². The first kappa shape index (κ1) is 22.7. The van der Waals surface area contributed by atoms with E-state index in [0.717, 1.165) is 21.7 Å². The number of benzene rings is 2. The Labute approximate surface area is 196 Å². The summed E-state index contributed by atoms with van der Waals surface area (Å²) < 4.78 is 15.2. The molecule has 4 rings (SSSR count). The van der Waals surface area contributed by atoms with Crippen molar-refractivity contribution in [1.82, 2.24) is 5.32 Å². The van der Waals surface area contributed by atoms with Crippen LogP contribution in [-0.4, -0.2) is 29.9 Å². The Kier molecular flexibility index (Phi) is 5.62. The largest absolute Gasteiger partial charge is 0.363 e. The molecule has 2 aromatic rings. The van der Waals surface area contributed by atoms with Crippen LogP contribution in [-0.2, 0) is 9.59 Å². The molecule has 0 aliphatic carbocycles. The summed E-state index contributed by atoms with van der Waals surface area (Å²) in [6, 6.07) is 8.29. The minimum atomic E-state index is -0.894. The Morgan fingerprint density at radius 3 is 2.55 bits per heavy atom. The van der Waals surface area contributed by atoms with Crippen LogP contribution < -0.4 is 15.1 Å². The van der Waals surface area contributed by atoms with Crippen molar-refractivity contribution in [3.63, 3.8) is 0 Å². The van der Waals surface area contributed by atoms with Crippen LogP contribution in [0.25, 0.3) is 11.6 Å². The topological polar surface area (TPSA) is 69.7 Å². The summed E-state index contributed by atoms with van der Waals surface area (Å²) in [5, 5.41) is 2.46. The molecule has 6 nitrogen and oxygen atoms in total. The van der Waals surface area contributed by atoms with E-state index in [0.29, 0.717) is 11.6 Å². The number of nitrogens with one attached hydrogen (secondary N) is 1. The lowest BCUT2D eigenvalue weighted by Crippen LogP contribution is -2.54. The molecule has 0 radical (unpaired) electrons. The fraction of sp³-hybridized carbons (Fsp3) is 0.240. The van der Waals surface area contributed by atoms with E-state index < -0.39 is 23.7 Å². The number of rotatable bonds is 3. The minimum absolute atomic E-state index is 0.0798. The zero-order valence-electron chi connectivity index (χ0n) is 18.7. The predicted octanol–water partition coefficient (Wildman–Crippen LogP) is 5.17. The molecule has 1 N–H and O–H groups in total. The van der Waals surface area contributed by atoms with Gasteiger partial charge < -0.3 is 4.90 Å². The van der Waals surface area contributed by atoms with Gasteiger partial charge in [0.05, 0.1) is 11.2 Å². The number of halogens is 2. The molecule has 2 heterocycles. The predicted molar refractivity (Wildman–Crippen MR) is 128 cm³/mol. The summed E-state index contributed by atoms with van der Waals surface area (Å²) >= 11 is 5.99. The Hall–Kier alpha value is -3.45. The molecule has 4 amide bonds. The van der Waals surface area contributed by atoms with Gasteiger partial charge in [-0.15, -0.1) is 0 Å². The average Bonchev–Trinajstić information content (AvgIpc) is 2.71. The van der Waals surface area contributed by atoms with Crippen LogP contribution >= 0.6 is 11.6 Å². The smallest absolute Gasteiger partial charge is 0.335 e. The Balaban J connectivity index is 1.80. The molecule has 33 heavy (non-hydrogen) atoms. The number of allylic oxidation sites excluding steroid dienone is 1. The summed E-state index contributed by atoms with van der Waals surface area (Å²) in [5.74, 6) is -2.31. The molecule has 1 fully saturated rings. The second-order valence-electron chi connectivity index (χ2n) is 8.55. The highest BCUT2D eigenvalue weighted by molar-refractivity contribution is 6.39. The molecular formula is C25H23ClFN3O3. The van der Waals surface area contributed by atoms with Crippen LogP contribution in [0.3, 0.4) is 0 Å². The number of fused-ring (bicyclic) bond motifs is 1. The van der Waals surface area contributed by atoms with Crippen molar-refractivity contribution in [2.45, 2.75) is 33.2 Å². The average molecular weight is 468 g/mol. The maximum absolute atomic E-state index is 15.2. The molecule has 0 atom stereocenters. The van der Waals surface area contributed by atoms with Gasteiger partial charge in [0.2, 0.25) is 0 Å². The summed E-state index contributed by atoms with van der Waals surface area (Å²) in [6.07, 6.45) is 3.28. The third-order valence-corrected chi connectivity index (χ3v) is 6.12. The third-order valence-electron chi connectivity index (χ3n) is 5.88. The van der Waals surface area contributed by atoms with Gasteiger partial charge in [-0.1, -0.05) is 23.7 Å².